The minimum absolute atomic E-state index is 0.00152. The first-order chi connectivity index (χ1) is 12.1. The van der Waals surface area contributed by atoms with Gasteiger partial charge in [-0.2, -0.15) is 0 Å². The predicted molar refractivity (Wildman–Crippen MR) is 100 cm³/mol. The SMILES string of the molecule is Cc1ccc(C(=O)[Se]C2=C(c3ccccc3)C3CCCC(=O)C23)cc1. The summed E-state index contributed by atoms with van der Waals surface area (Å²) < 4.78 is 1.30. The molecule has 2 atom stereocenters. The Morgan fingerprint density at radius 2 is 1.76 bits per heavy atom. The number of carbonyl (C=O) groups excluding carboxylic acids is 2. The van der Waals surface area contributed by atoms with Gasteiger partial charge in [-0.15, -0.1) is 0 Å². The average molecular weight is 395 g/mol. The zero-order valence-electron chi connectivity index (χ0n) is 14.2. The van der Waals surface area contributed by atoms with Gasteiger partial charge in [-0.3, -0.25) is 0 Å². The van der Waals surface area contributed by atoms with Crippen molar-refractivity contribution in [1.82, 2.24) is 0 Å². The van der Waals surface area contributed by atoms with E-state index in [9.17, 15) is 9.59 Å². The van der Waals surface area contributed by atoms with Gasteiger partial charge in [0, 0.05) is 0 Å². The van der Waals surface area contributed by atoms with Crippen LogP contribution in [0.15, 0.2) is 59.1 Å². The molecule has 2 aromatic rings. The second-order valence-electron chi connectivity index (χ2n) is 6.84. The molecule has 0 amide bonds. The van der Waals surface area contributed by atoms with Crippen molar-refractivity contribution >= 4 is 31.0 Å². The van der Waals surface area contributed by atoms with Crippen molar-refractivity contribution in [2.24, 2.45) is 11.8 Å². The maximum absolute atomic E-state index is 12.8. The zero-order valence-corrected chi connectivity index (χ0v) is 15.9. The van der Waals surface area contributed by atoms with Crippen molar-refractivity contribution in [2.45, 2.75) is 26.2 Å². The van der Waals surface area contributed by atoms with Crippen molar-refractivity contribution < 1.29 is 9.59 Å². The molecular weight excluding hydrogens is 375 g/mol. The van der Waals surface area contributed by atoms with E-state index in [-0.39, 0.29) is 25.6 Å². The molecule has 2 aromatic carbocycles. The molecular formula is C22H20O2Se. The van der Waals surface area contributed by atoms with Gasteiger partial charge < -0.3 is 0 Å². The molecule has 1 fully saturated rings. The van der Waals surface area contributed by atoms with Crippen molar-refractivity contribution in [3.8, 4) is 0 Å². The van der Waals surface area contributed by atoms with Crippen LogP contribution in [-0.2, 0) is 4.79 Å². The van der Waals surface area contributed by atoms with Gasteiger partial charge in [0.15, 0.2) is 0 Å². The summed E-state index contributed by atoms with van der Waals surface area (Å²) in [6, 6.07) is 18.1. The first-order valence-corrected chi connectivity index (χ1v) is 10.5. The average Bonchev–Trinajstić information content (AvgIpc) is 2.61. The Morgan fingerprint density at radius 3 is 2.48 bits per heavy atom. The fraction of sp³-hybridized carbons (Fsp3) is 0.273. The molecule has 2 nitrogen and oxygen atoms in total. The molecule has 3 heteroatoms. The number of allylic oxidation sites excluding steroid dienone is 2. The van der Waals surface area contributed by atoms with E-state index in [0.717, 1.165) is 28.4 Å². The van der Waals surface area contributed by atoms with Crippen LogP contribution >= 0.6 is 0 Å². The number of fused-ring (bicyclic) bond motifs is 1. The summed E-state index contributed by atoms with van der Waals surface area (Å²) in [4.78, 5) is 25.3. The molecule has 126 valence electrons. The first kappa shape index (κ1) is 16.5. The molecule has 2 aliphatic rings. The Kier molecular flexibility index (Phi) is 4.45. The third-order valence-electron chi connectivity index (χ3n) is 5.18. The number of Topliss-reactive ketones (excluding diaryl/α,β-unsaturated/α-hetero) is 1. The van der Waals surface area contributed by atoms with Crippen LogP contribution in [0.3, 0.4) is 0 Å². The minimum atomic E-state index is -0.311. The van der Waals surface area contributed by atoms with Gasteiger partial charge in [0.1, 0.15) is 0 Å². The fourth-order valence-electron chi connectivity index (χ4n) is 3.88. The van der Waals surface area contributed by atoms with E-state index >= 15 is 0 Å². The molecule has 2 unspecified atom stereocenters. The van der Waals surface area contributed by atoms with Gasteiger partial charge in [-0.1, -0.05) is 0 Å². The van der Waals surface area contributed by atoms with Gasteiger partial charge >= 0.3 is 154 Å². The van der Waals surface area contributed by atoms with E-state index in [4.69, 9.17) is 0 Å². The Bertz CT molecular complexity index is 849. The van der Waals surface area contributed by atoms with Gasteiger partial charge in [-0.25, -0.2) is 0 Å². The van der Waals surface area contributed by atoms with Crippen LogP contribution in [-0.4, -0.2) is 25.4 Å². The first-order valence-electron chi connectivity index (χ1n) is 8.76. The Morgan fingerprint density at radius 1 is 1.04 bits per heavy atom. The monoisotopic (exact) mass is 396 g/mol. The quantitative estimate of drug-likeness (QED) is 0.726. The summed E-state index contributed by atoms with van der Waals surface area (Å²) in [5, 5.41) is 0. The maximum atomic E-state index is 12.8. The van der Waals surface area contributed by atoms with Gasteiger partial charge in [0.2, 0.25) is 0 Å². The van der Waals surface area contributed by atoms with Crippen molar-refractivity contribution in [3.63, 3.8) is 0 Å². The van der Waals surface area contributed by atoms with Crippen LogP contribution in [0.4, 0.5) is 0 Å². The van der Waals surface area contributed by atoms with Crippen LogP contribution in [0.5, 0.6) is 0 Å². The van der Waals surface area contributed by atoms with Gasteiger partial charge in [0.25, 0.3) is 0 Å². The number of aryl methyl sites for hydroxylation is 1. The number of rotatable bonds is 4. The number of hydrogen-bond acceptors (Lipinski definition) is 2. The third-order valence-corrected chi connectivity index (χ3v) is 7.52. The Hall–Kier alpha value is -1.96. The summed E-state index contributed by atoms with van der Waals surface area (Å²) in [6.07, 6.45) is 2.71. The van der Waals surface area contributed by atoms with E-state index in [1.165, 1.54) is 11.1 Å². The molecule has 0 spiro atoms. The molecule has 0 aliphatic heterocycles. The summed E-state index contributed by atoms with van der Waals surface area (Å²) in [7, 11) is 0. The summed E-state index contributed by atoms with van der Waals surface area (Å²) in [6.45, 7) is 2.02. The molecule has 0 radical (unpaired) electrons. The van der Waals surface area contributed by atoms with E-state index in [1.54, 1.807) is 0 Å². The second-order valence-corrected chi connectivity index (χ2v) is 8.97. The molecule has 0 aromatic heterocycles. The standard InChI is InChI=1S/C22H20O2Se/c1-14-10-12-16(13-11-14)22(24)25-21-19(15-6-3-2-4-7-15)17-8-5-9-18(23)20(17)21/h2-4,6-7,10-13,17,20H,5,8-9H2,1H3. The number of hydrogen-bond donors (Lipinski definition) is 0. The second kappa shape index (κ2) is 6.74. The van der Waals surface area contributed by atoms with Crippen molar-refractivity contribution in [1.29, 1.82) is 0 Å². The molecule has 4 rings (SSSR count). The normalized spacial score (nSPS) is 22.4. The number of carbonyl (C=O) groups is 2. The number of benzene rings is 2. The van der Waals surface area contributed by atoms with Crippen LogP contribution < -0.4 is 0 Å². The Labute approximate surface area is 154 Å². The van der Waals surface area contributed by atoms with E-state index in [0.29, 0.717) is 18.1 Å². The number of ketones is 1. The molecule has 0 N–H and O–H groups in total. The van der Waals surface area contributed by atoms with Crippen LogP contribution in [0, 0.1) is 18.8 Å². The molecule has 1 saturated carbocycles. The fourth-order valence-corrected chi connectivity index (χ4v) is 6.51. The van der Waals surface area contributed by atoms with E-state index < -0.39 is 0 Å². The molecule has 0 bridgehead atoms. The predicted octanol–water partition coefficient (Wildman–Crippen LogP) is 4.25. The zero-order chi connectivity index (χ0) is 17.4. The van der Waals surface area contributed by atoms with Crippen LogP contribution in [0.25, 0.3) is 5.57 Å². The van der Waals surface area contributed by atoms with E-state index in [2.05, 4.69) is 12.1 Å². The summed E-state index contributed by atoms with van der Waals surface area (Å²) >= 11 is -0.311. The van der Waals surface area contributed by atoms with Crippen LogP contribution in [0.2, 0.25) is 0 Å². The van der Waals surface area contributed by atoms with E-state index in [1.807, 2.05) is 49.4 Å². The third kappa shape index (κ3) is 3.03. The molecule has 2 aliphatic carbocycles. The summed E-state index contributed by atoms with van der Waals surface area (Å²) in [5.74, 6) is 0.661. The Balaban J connectivity index is 1.69. The molecule has 25 heavy (non-hydrogen) atoms. The molecule has 0 heterocycles. The van der Waals surface area contributed by atoms with Crippen molar-refractivity contribution in [2.75, 3.05) is 0 Å². The summed E-state index contributed by atoms with van der Waals surface area (Å²) in [5.41, 5.74) is 4.38. The van der Waals surface area contributed by atoms with Crippen LogP contribution in [0.1, 0.15) is 40.7 Å². The van der Waals surface area contributed by atoms with Crippen molar-refractivity contribution in [3.05, 3.63) is 75.8 Å². The topological polar surface area (TPSA) is 34.1 Å². The van der Waals surface area contributed by atoms with Gasteiger partial charge in [0.05, 0.1) is 0 Å². The molecule has 0 saturated heterocycles. The van der Waals surface area contributed by atoms with Gasteiger partial charge in [-0.05, 0) is 0 Å².